The molecule has 0 fully saturated rings. The molecule has 1 amide bonds. The summed E-state index contributed by atoms with van der Waals surface area (Å²) in [4.78, 5) is 53.5. The topological polar surface area (TPSA) is 115 Å². The molecular formula is C24H24N2O6S. The second-order valence-corrected chi connectivity index (χ2v) is 9.19. The highest BCUT2D eigenvalue weighted by Gasteiger charge is 2.28. The molecule has 0 saturated carbocycles. The Hall–Kier alpha value is -3.46. The number of aromatic amines is 1. The van der Waals surface area contributed by atoms with Crippen LogP contribution >= 0.6 is 11.3 Å². The minimum Gasteiger partial charge on any atom is -0.459 e. The lowest BCUT2D eigenvalue weighted by Gasteiger charge is -2.14. The van der Waals surface area contributed by atoms with Crippen LogP contribution in [0, 0.1) is 0 Å². The van der Waals surface area contributed by atoms with Gasteiger partial charge in [-0.05, 0) is 51.2 Å². The first-order valence-corrected chi connectivity index (χ1v) is 11.6. The fraction of sp³-hybridized carbons (Fsp3) is 0.333. The van der Waals surface area contributed by atoms with Gasteiger partial charge in [0.25, 0.3) is 5.91 Å². The number of pyridine rings is 1. The minimum atomic E-state index is -0.780. The largest absolute Gasteiger partial charge is 0.459 e. The molecule has 0 atom stereocenters. The highest BCUT2D eigenvalue weighted by Crippen LogP contribution is 2.38. The number of esters is 2. The quantitative estimate of drug-likeness (QED) is 0.532. The molecule has 2 heterocycles. The van der Waals surface area contributed by atoms with Crippen molar-refractivity contribution in [2.75, 3.05) is 11.9 Å². The number of hydrogen-bond donors (Lipinski definition) is 2. The first-order valence-electron chi connectivity index (χ1n) is 10.8. The van der Waals surface area contributed by atoms with E-state index in [1.54, 1.807) is 38.1 Å². The molecule has 1 aliphatic rings. The van der Waals surface area contributed by atoms with Crippen LogP contribution in [-0.2, 0) is 27.1 Å². The molecule has 0 bridgehead atoms. The Morgan fingerprint density at radius 1 is 1.12 bits per heavy atom. The number of hydrogen-bond acceptors (Lipinski definition) is 7. The molecule has 172 valence electrons. The molecular weight excluding hydrogens is 444 g/mol. The van der Waals surface area contributed by atoms with E-state index in [2.05, 4.69) is 10.3 Å². The standard InChI is InChI=1S/C24H24N2O6S/c1-13(2)32-24(30)21-15-8-4-6-10-18(15)33-22(21)26-20(28)12-31-23(29)16-11-19(27)25-17-9-5-3-7-14(16)17/h3,5,7,9,11,13H,4,6,8,10,12H2,1-2H3,(H,25,27)(H,26,28). The van der Waals surface area contributed by atoms with E-state index in [1.807, 2.05) is 0 Å². The van der Waals surface area contributed by atoms with Gasteiger partial charge in [0.1, 0.15) is 5.00 Å². The third-order valence-corrected chi connectivity index (χ3v) is 6.48. The SMILES string of the molecule is CC(C)OC(=O)c1c(NC(=O)COC(=O)c2cc(=O)[nH]c3ccccc23)sc2c1CCCC2. The molecule has 0 aliphatic heterocycles. The summed E-state index contributed by atoms with van der Waals surface area (Å²) in [6.07, 6.45) is 3.32. The first-order chi connectivity index (χ1) is 15.8. The number of thiophene rings is 1. The van der Waals surface area contributed by atoms with Crippen LogP contribution in [0.4, 0.5) is 5.00 Å². The molecule has 8 nitrogen and oxygen atoms in total. The summed E-state index contributed by atoms with van der Waals surface area (Å²) >= 11 is 1.36. The van der Waals surface area contributed by atoms with Gasteiger partial charge < -0.3 is 19.8 Å². The second-order valence-electron chi connectivity index (χ2n) is 8.09. The van der Waals surface area contributed by atoms with Gasteiger partial charge in [-0.1, -0.05) is 18.2 Å². The predicted molar refractivity (Wildman–Crippen MR) is 125 cm³/mol. The summed E-state index contributed by atoms with van der Waals surface area (Å²) in [5.41, 5.74) is 1.46. The van der Waals surface area contributed by atoms with Crippen molar-refractivity contribution in [1.82, 2.24) is 4.98 Å². The van der Waals surface area contributed by atoms with Crippen LogP contribution < -0.4 is 10.9 Å². The molecule has 0 radical (unpaired) electrons. The van der Waals surface area contributed by atoms with E-state index in [0.29, 0.717) is 21.5 Å². The van der Waals surface area contributed by atoms with E-state index in [4.69, 9.17) is 9.47 Å². The lowest BCUT2D eigenvalue weighted by Crippen LogP contribution is -2.23. The van der Waals surface area contributed by atoms with Gasteiger partial charge in [-0.2, -0.15) is 0 Å². The maximum absolute atomic E-state index is 12.7. The number of carbonyl (C=O) groups is 3. The van der Waals surface area contributed by atoms with Crippen molar-refractivity contribution in [3.8, 4) is 0 Å². The van der Waals surface area contributed by atoms with E-state index in [0.717, 1.165) is 42.2 Å². The zero-order valence-electron chi connectivity index (χ0n) is 18.4. The van der Waals surface area contributed by atoms with E-state index >= 15 is 0 Å². The fourth-order valence-corrected chi connectivity index (χ4v) is 5.18. The number of aryl methyl sites for hydroxylation is 1. The van der Waals surface area contributed by atoms with Crippen molar-refractivity contribution in [3.05, 3.63) is 62.3 Å². The number of H-pyrrole nitrogens is 1. The van der Waals surface area contributed by atoms with E-state index < -0.39 is 30.0 Å². The van der Waals surface area contributed by atoms with Crippen LogP contribution in [0.5, 0.6) is 0 Å². The third-order valence-electron chi connectivity index (χ3n) is 5.28. The van der Waals surface area contributed by atoms with Crippen LogP contribution in [0.1, 0.15) is 57.8 Å². The molecule has 0 saturated heterocycles. The zero-order chi connectivity index (χ0) is 23.5. The summed E-state index contributed by atoms with van der Waals surface area (Å²) in [6, 6.07) is 7.99. The van der Waals surface area contributed by atoms with Crippen LogP contribution in [0.15, 0.2) is 35.1 Å². The van der Waals surface area contributed by atoms with Crippen LogP contribution in [0.2, 0.25) is 0 Å². The zero-order valence-corrected chi connectivity index (χ0v) is 19.2. The summed E-state index contributed by atoms with van der Waals surface area (Å²) in [7, 11) is 0. The highest BCUT2D eigenvalue weighted by molar-refractivity contribution is 7.17. The number of carbonyl (C=O) groups excluding carboxylic acids is 3. The predicted octanol–water partition coefficient (Wildman–Crippen LogP) is 3.83. The Morgan fingerprint density at radius 3 is 2.67 bits per heavy atom. The van der Waals surface area contributed by atoms with Gasteiger partial charge >= 0.3 is 11.9 Å². The maximum Gasteiger partial charge on any atom is 0.341 e. The Balaban J connectivity index is 1.50. The summed E-state index contributed by atoms with van der Waals surface area (Å²) in [5, 5.41) is 3.64. The molecule has 0 unspecified atom stereocenters. The highest BCUT2D eigenvalue weighted by atomic mass is 32.1. The number of amides is 1. The van der Waals surface area contributed by atoms with Crippen LogP contribution in [0.3, 0.4) is 0 Å². The van der Waals surface area contributed by atoms with Crippen molar-refractivity contribution in [3.63, 3.8) is 0 Å². The van der Waals surface area contributed by atoms with Crippen LogP contribution in [0.25, 0.3) is 10.9 Å². The third kappa shape index (κ3) is 4.98. The second kappa shape index (κ2) is 9.58. The summed E-state index contributed by atoms with van der Waals surface area (Å²) in [6.45, 7) is 2.99. The Morgan fingerprint density at radius 2 is 1.88 bits per heavy atom. The summed E-state index contributed by atoms with van der Waals surface area (Å²) in [5.74, 6) is -1.82. The number of benzene rings is 1. The number of aromatic nitrogens is 1. The van der Waals surface area contributed by atoms with Crippen molar-refractivity contribution in [1.29, 1.82) is 0 Å². The average Bonchev–Trinajstić information content (AvgIpc) is 3.14. The molecule has 3 aromatic rings. The lowest BCUT2D eigenvalue weighted by atomic mass is 9.95. The average molecular weight is 469 g/mol. The molecule has 2 aromatic heterocycles. The van der Waals surface area contributed by atoms with Crippen LogP contribution in [-0.4, -0.2) is 35.5 Å². The number of nitrogens with one attached hydrogen (secondary N) is 2. The number of ether oxygens (including phenoxy) is 2. The monoisotopic (exact) mass is 468 g/mol. The molecule has 9 heteroatoms. The van der Waals surface area contributed by atoms with E-state index in [-0.39, 0.29) is 11.7 Å². The Kier molecular flexibility index (Phi) is 6.60. The lowest BCUT2D eigenvalue weighted by molar-refractivity contribution is -0.119. The van der Waals surface area contributed by atoms with Crippen molar-refractivity contribution < 1.29 is 23.9 Å². The number of fused-ring (bicyclic) bond motifs is 2. The van der Waals surface area contributed by atoms with Gasteiger partial charge in [0.05, 0.1) is 17.2 Å². The number of para-hydroxylation sites is 1. The molecule has 2 N–H and O–H groups in total. The van der Waals surface area contributed by atoms with Crippen molar-refractivity contribution in [2.45, 2.75) is 45.6 Å². The number of rotatable bonds is 6. The van der Waals surface area contributed by atoms with E-state index in [1.165, 1.54) is 11.3 Å². The Labute approximate surface area is 193 Å². The number of anilines is 1. The molecule has 4 rings (SSSR count). The van der Waals surface area contributed by atoms with Gasteiger partial charge in [-0.15, -0.1) is 11.3 Å². The normalized spacial score (nSPS) is 12.9. The summed E-state index contributed by atoms with van der Waals surface area (Å²) < 4.78 is 10.6. The fourth-order valence-electron chi connectivity index (χ4n) is 3.89. The molecule has 33 heavy (non-hydrogen) atoms. The van der Waals surface area contributed by atoms with Gasteiger partial charge in [0.2, 0.25) is 5.56 Å². The minimum absolute atomic E-state index is 0.0786. The van der Waals surface area contributed by atoms with Gasteiger partial charge in [0, 0.05) is 21.8 Å². The van der Waals surface area contributed by atoms with Gasteiger partial charge in [-0.3, -0.25) is 9.59 Å². The van der Waals surface area contributed by atoms with Gasteiger partial charge in [-0.25, -0.2) is 9.59 Å². The Bertz CT molecular complexity index is 1290. The maximum atomic E-state index is 12.7. The van der Waals surface area contributed by atoms with Gasteiger partial charge in [0.15, 0.2) is 6.61 Å². The molecule has 1 aliphatic carbocycles. The molecule has 1 aromatic carbocycles. The van der Waals surface area contributed by atoms with E-state index in [9.17, 15) is 19.2 Å². The smallest absolute Gasteiger partial charge is 0.341 e. The van der Waals surface area contributed by atoms with Crippen molar-refractivity contribution in [2.24, 2.45) is 0 Å². The first kappa shape index (κ1) is 22.7. The molecule has 0 spiro atoms. The van der Waals surface area contributed by atoms with Crippen molar-refractivity contribution >= 4 is 45.1 Å².